The van der Waals surface area contributed by atoms with E-state index < -0.39 is 28.1 Å². The quantitative estimate of drug-likeness (QED) is 0.142. The van der Waals surface area contributed by atoms with Gasteiger partial charge in [0.1, 0.15) is 24.8 Å². The summed E-state index contributed by atoms with van der Waals surface area (Å²) in [5.41, 5.74) is 6.87. The Balaban J connectivity index is 1.24. The van der Waals surface area contributed by atoms with Gasteiger partial charge in [0.05, 0.1) is 18.4 Å². The summed E-state index contributed by atoms with van der Waals surface area (Å²) in [7, 11) is -4.35. The second-order valence-electron chi connectivity index (χ2n) is 10.8. The van der Waals surface area contributed by atoms with Crippen LogP contribution in [0, 0.1) is 13.8 Å². The summed E-state index contributed by atoms with van der Waals surface area (Å²) in [5.74, 6) is -0.141. The molecule has 3 N–H and O–H groups in total. The predicted molar refractivity (Wildman–Crippen MR) is 175 cm³/mol. The number of amides is 3. The molecule has 0 saturated heterocycles. The Morgan fingerprint density at radius 1 is 1.09 bits per heavy atom. The van der Waals surface area contributed by atoms with E-state index in [0.29, 0.717) is 29.4 Å². The van der Waals surface area contributed by atoms with Crippen LogP contribution in [-0.2, 0) is 27.8 Å². The van der Waals surface area contributed by atoms with Crippen molar-refractivity contribution in [2.75, 3.05) is 35.9 Å². The average Bonchev–Trinajstić information content (AvgIpc) is 3.49. The number of nitrogens with one attached hydrogen (secondary N) is 2. The van der Waals surface area contributed by atoms with Crippen LogP contribution in [0.25, 0.3) is 11.1 Å². The van der Waals surface area contributed by atoms with Gasteiger partial charge in [-0.3, -0.25) is 14.1 Å². The van der Waals surface area contributed by atoms with Crippen LogP contribution in [0.5, 0.6) is 5.75 Å². The van der Waals surface area contributed by atoms with Crippen molar-refractivity contribution in [2.45, 2.75) is 33.2 Å². The molecule has 0 saturated carbocycles. The zero-order valence-corrected chi connectivity index (χ0v) is 26.9. The second kappa shape index (κ2) is 14.2. The number of rotatable bonds is 10. The van der Waals surface area contributed by atoms with Gasteiger partial charge in [0, 0.05) is 29.0 Å². The minimum atomic E-state index is -4.35. The zero-order valence-electron chi connectivity index (χ0n) is 25.3. The van der Waals surface area contributed by atoms with Crippen molar-refractivity contribution in [2.24, 2.45) is 0 Å². The highest BCUT2D eigenvalue weighted by atomic mass is 35.5. The van der Waals surface area contributed by atoms with Crippen molar-refractivity contribution in [3.8, 4) is 16.9 Å². The predicted octanol–water partition coefficient (Wildman–Crippen LogP) is 5.80. The number of aromatic nitrogens is 2. The van der Waals surface area contributed by atoms with E-state index >= 15 is 0 Å². The number of fused-ring (bicyclic) bond motifs is 1. The van der Waals surface area contributed by atoms with Gasteiger partial charge in [0.2, 0.25) is 0 Å². The van der Waals surface area contributed by atoms with Crippen LogP contribution in [0.3, 0.4) is 0 Å². The Kier molecular flexibility index (Phi) is 10.1. The number of urea groups is 1. The van der Waals surface area contributed by atoms with E-state index in [1.165, 1.54) is 0 Å². The number of hydrogen-bond acceptors (Lipinski definition) is 7. The maximum Gasteiger partial charge on any atom is 0.414 e. The number of ether oxygens (including phenoxy) is 2. The van der Waals surface area contributed by atoms with Crippen LogP contribution in [0.4, 0.5) is 21.0 Å². The number of benzene rings is 3. The first-order valence-electron chi connectivity index (χ1n) is 14.5. The number of carbonyl (C=O) groups excluding carboxylic acids is 2. The van der Waals surface area contributed by atoms with Crippen molar-refractivity contribution < 1.29 is 32.0 Å². The van der Waals surface area contributed by atoms with Crippen LogP contribution < -0.4 is 20.3 Å². The third-order valence-electron chi connectivity index (χ3n) is 7.59. The van der Waals surface area contributed by atoms with Crippen molar-refractivity contribution in [1.29, 1.82) is 0 Å². The molecule has 3 amide bonds. The summed E-state index contributed by atoms with van der Waals surface area (Å²) < 4.78 is 43.7. The van der Waals surface area contributed by atoms with Crippen LogP contribution in [0.2, 0.25) is 5.02 Å². The molecule has 1 aliphatic heterocycles. The Hall–Kier alpha value is -4.59. The third kappa shape index (κ3) is 8.16. The molecule has 46 heavy (non-hydrogen) atoms. The molecule has 4 aromatic rings. The van der Waals surface area contributed by atoms with Crippen LogP contribution in [0.1, 0.15) is 28.7 Å². The highest BCUT2D eigenvalue weighted by molar-refractivity contribution is 7.85. The lowest BCUT2D eigenvalue weighted by Crippen LogP contribution is -2.36. The van der Waals surface area contributed by atoms with Crippen molar-refractivity contribution in [1.82, 2.24) is 15.1 Å². The van der Waals surface area contributed by atoms with E-state index in [1.807, 2.05) is 56.4 Å². The Bertz CT molecular complexity index is 1860. The number of halogens is 1. The maximum absolute atomic E-state index is 13.1. The lowest BCUT2D eigenvalue weighted by molar-refractivity contribution is 0.130. The molecule has 1 aliphatic rings. The molecule has 0 bridgehead atoms. The summed E-state index contributed by atoms with van der Waals surface area (Å²) in [6, 6.07) is 15.7. The molecule has 12 nitrogen and oxygen atoms in total. The van der Waals surface area contributed by atoms with Crippen LogP contribution >= 0.6 is 11.6 Å². The summed E-state index contributed by atoms with van der Waals surface area (Å²) >= 11 is 6.42. The van der Waals surface area contributed by atoms with Gasteiger partial charge in [-0.1, -0.05) is 35.9 Å². The van der Waals surface area contributed by atoms with Gasteiger partial charge in [-0.25, -0.2) is 9.59 Å². The summed E-state index contributed by atoms with van der Waals surface area (Å²) in [5, 5.41) is 9.53. The van der Waals surface area contributed by atoms with E-state index in [9.17, 15) is 18.0 Å². The number of nitrogens with zero attached hydrogens (tertiary/aromatic N) is 3. The van der Waals surface area contributed by atoms with Gasteiger partial charge in [-0.2, -0.15) is 13.5 Å². The molecule has 0 fully saturated rings. The molecular weight excluding hydrogens is 634 g/mol. The minimum Gasteiger partial charge on any atom is -0.490 e. The molecule has 242 valence electrons. The van der Waals surface area contributed by atoms with Crippen LogP contribution in [0.15, 0.2) is 67.0 Å². The SMILES string of the molecule is Cc1cccc(OCCOC(=O)N2CCCc3c(-c4cnn(Cc5cc(NC(=O)NCS(=O)(=O)O)ccc5Cl)c4)cccc32)c1C. The molecule has 2 heterocycles. The normalized spacial score (nSPS) is 12.7. The van der Waals surface area contributed by atoms with E-state index in [4.69, 9.17) is 25.6 Å². The number of carbonyl (C=O) groups is 2. The van der Waals surface area contributed by atoms with E-state index in [0.717, 1.165) is 52.1 Å². The number of aryl methyl sites for hydroxylation is 1. The number of hydrogen-bond donors (Lipinski definition) is 3. The van der Waals surface area contributed by atoms with Gasteiger partial charge >= 0.3 is 12.1 Å². The van der Waals surface area contributed by atoms with Gasteiger partial charge in [0.15, 0.2) is 0 Å². The standard InChI is InChI=1S/C32H34ClN5O7S/c1-21-6-3-10-30(22(21)2)44-14-15-45-32(40)38-13-5-8-27-26(7-4-9-29(27)38)24-17-35-37(19-24)18-23-16-25(11-12-28(23)33)36-31(39)34-20-46(41,42)43/h3-4,6-7,9-12,16-17,19H,5,8,13-15,18,20H2,1-2H3,(H2,34,36,39)(H,41,42,43). The first kappa shape index (κ1) is 32.8. The average molecular weight is 668 g/mol. The van der Waals surface area contributed by atoms with Gasteiger partial charge in [0.25, 0.3) is 10.1 Å². The summed E-state index contributed by atoms with van der Waals surface area (Å²) in [6.07, 6.45) is 4.77. The lowest BCUT2D eigenvalue weighted by Gasteiger charge is -2.30. The second-order valence-corrected chi connectivity index (χ2v) is 12.7. The number of anilines is 2. The fourth-order valence-corrected chi connectivity index (χ4v) is 5.68. The molecular formula is C32H34ClN5O7S. The topological polar surface area (TPSA) is 152 Å². The van der Waals surface area contributed by atoms with Crippen molar-refractivity contribution in [3.05, 3.63) is 94.3 Å². The smallest absolute Gasteiger partial charge is 0.414 e. The fraction of sp³-hybridized carbons (Fsp3) is 0.281. The first-order chi connectivity index (χ1) is 22.0. The van der Waals surface area contributed by atoms with Crippen molar-refractivity contribution in [3.63, 3.8) is 0 Å². The Morgan fingerprint density at radius 2 is 1.89 bits per heavy atom. The maximum atomic E-state index is 13.1. The first-order valence-corrected chi connectivity index (χ1v) is 16.5. The van der Waals surface area contributed by atoms with Gasteiger partial charge in [-0.05, 0) is 84.8 Å². The fourth-order valence-electron chi connectivity index (χ4n) is 5.19. The molecule has 0 aliphatic carbocycles. The minimum absolute atomic E-state index is 0.124. The lowest BCUT2D eigenvalue weighted by atomic mass is 9.93. The Labute approximate surface area is 272 Å². The molecule has 0 radical (unpaired) electrons. The molecule has 3 aromatic carbocycles. The molecule has 0 atom stereocenters. The highest BCUT2D eigenvalue weighted by Crippen LogP contribution is 2.36. The van der Waals surface area contributed by atoms with E-state index in [1.54, 1.807) is 34.0 Å². The molecule has 0 unspecified atom stereocenters. The van der Waals surface area contributed by atoms with Gasteiger partial charge in [-0.15, -0.1) is 0 Å². The molecule has 14 heteroatoms. The van der Waals surface area contributed by atoms with Crippen molar-refractivity contribution >= 4 is 45.2 Å². The highest BCUT2D eigenvalue weighted by Gasteiger charge is 2.26. The van der Waals surface area contributed by atoms with Gasteiger partial charge < -0.3 is 20.1 Å². The monoisotopic (exact) mass is 667 g/mol. The zero-order chi connectivity index (χ0) is 32.8. The van der Waals surface area contributed by atoms with E-state index in [2.05, 4.69) is 15.7 Å². The molecule has 5 rings (SSSR count). The Morgan fingerprint density at radius 3 is 2.70 bits per heavy atom. The molecule has 1 aromatic heterocycles. The largest absolute Gasteiger partial charge is 0.490 e. The molecule has 0 spiro atoms. The third-order valence-corrected chi connectivity index (χ3v) is 8.47. The van der Waals surface area contributed by atoms with E-state index in [-0.39, 0.29) is 13.2 Å². The summed E-state index contributed by atoms with van der Waals surface area (Å²) in [6.45, 7) is 5.23. The van der Waals surface area contributed by atoms with Crippen LogP contribution in [-0.4, -0.2) is 60.5 Å². The summed E-state index contributed by atoms with van der Waals surface area (Å²) in [4.78, 5) is 26.8.